The highest BCUT2D eigenvalue weighted by molar-refractivity contribution is 7.90. The zero-order chi connectivity index (χ0) is 54.1. The lowest BCUT2D eigenvalue weighted by Gasteiger charge is -2.37. The summed E-state index contributed by atoms with van der Waals surface area (Å²) in [6, 6.07) is 7.70. The van der Waals surface area contributed by atoms with Crippen molar-refractivity contribution < 1.29 is 52.6 Å². The number of carbonyl (C=O) groups is 6. The smallest absolute Gasteiger partial charge is 0.330 e. The van der Waals surface area contributed by atoms with Crippen molar-refractivity contribution in [2.45, 2.75) is 129 Å². The van der Waals surface area contributed by atoms with E-state index in [2.05, 4.69) is 39.4 Å². The molecule has 7 atom stereocenters. The van der Waals surface area contributed by atoms with E-state index in [-0.39, 0.29) is 25.3 Å². The summed E-state index contributed by atoms with van der Waals surface area (Å²) in [6.45, 7) is 15.7. The van der Waals surface area contributed by atoms with Crippen LogP contribution in [0.2, 0.25) is 0 Å². The number of nitrogens with zero attached hydrogens (tertiary/aromatic N) is 6. The van der Waals surface area contributed by atoms with Crippen LogP contribution < -0.4 is 10.7 Å². The molecule has 6 bridgehead atoms. The zero-order valence-electron chi connectivity index (χ0n) is 44.6. The number of aromatic hydroxyl groups is 1. The molecule has 2 aromatic heterocycles. The first-order valence-corrected chi connectivity index (χ1v) is 26.3. The maximum Gasteiger partial charge on any atom is 0.330 e. The van der Waals surface area contributed by atoms with Crippen LogP contribution in [0.25, 0.3) is 33.3 Å². The number of hydrogen-bond acceptors (Lipinski definition) is 14. The summed E-state index contributed by atoms with van der Waals surface area (Å²) in [6.07, 6.45) is 4.89. The number of phenols is 1. The van der Waals surface area contributed by atoms with Crippen molar-refractivity contribution in [2.75, 3.05) is 48.0 Å². The number of esters is 2. The Labute approximate surface area is 436 Å². The molecule has 0 aliphatic carbocycles. The average molecular weight is 1040 g/mol. The summed E-state index contributed by atoms with van der Waals surface area (Å²) >= 11 is -1.74. The van der Waals surface area contributed by atoms with Crippen molar-refractivity contribution in [3.05, 3.63) is 71.5 Å². The Morgan fingerprint density at radius 3 is 2.45 bits per heavy atom. The molecule has 4 amide bonds. The highest BCUT2D eigenvalue weighted by Gasteiger charge is 2.68. The van der Waals surface area contributed by atoms with Gasteiger partial charge < -0.3 is 43.6 Å². The van der Waals surface area contributed by atoms with Crippen molar-refractivity contribution in [2.24, 2.45) is 11.3 Å². The number of cyclic esters (lactones) is 1. The number of carbonyl (C=O) groups excluding carboxylic acids is 6. The van der Waals surface area contributed by atoms with Crippen LogP contribution in [0.5, 0.6) is 5.75 Å². The Kier molecular flexibility index (Phi) is 16.9. The number of hydrazine groups is 1. The van der Waals surface area contributed by atoms with E-state index < -0.39 is 99.8 Å². The third-order valence-corrected chi connectivity index (χ3v) is 15.8. The molecule has 2 aromatic carbocycles. The molecule has 0 radical (unpaired) electrons. The number of nitrogens with one attached hydrogen (secondary N) is 2. The fraction of sp³-hybridized carbons (Fsp3) is 0.537. The Morgan fingerprint density at radius 1 is 1.05 bits per heavy atom. The molecular weight excluding hydrogens is 969 g/mol. The van der Waals surface area contributed by atoms with Gasteiger partial charge in [-0.3, -0.25) is 38.8 Å². The van der Waals surface area contributed by atoms with Crippen LogP contribution in [0.15, 0.2) is 54.9 Å². The van der Waals surface area contributed by atoms with Gasteiger partial charge in [-0.05, 0) is 111 Å². The number of pyridine rings is 1. The molecule has 5 heterocycles. The average Bonchev–Trinajstić information content (AvgIpc) is 4.02. The van der Waals surface area contributed by atoms with Crippen LogP contribution in [0.4, 0.5) is 0 Å². The number of likely N-dealkylation sites (N-methyl/N-ethyl adjacent to an activating group) is 2. The third kappa shape index (κ3) is 11.7. The molecule has 0 spiro atoms. The minimum absolute atomic E-state index is 0.0582. The summed E-state index contributed by atoms with van der Waals surface area (Å²) in [5, 5.41) is 16.6. The fourth-order valence-electron chi connectivity index (χ4n) is 10.2. The van der Waals surface area contributed by atoms with Crippen LogP contribution in [0.3, 0.4) is 0 Å². The quantitative estimate of drug-likeness (QED) is 0.0951. The highest BCUT2D eigenvalue weighted by atomic mass is 32.2. The molecule has 3 aliphatic rings. The Bertz CT molecular complexity index is 2790. The second-order valence-corrected chi connectivity index (χ2v) is 23.9. The summed E-state index contributed by atoms with van der Waals surface area (Å²) in [5.74, 6) is -4.24. The van der Waals surface area contributed by atoms with Gasteiger partial charge in [-0.2, -0.15) is 0 Å². The molecule has 3 N–H and O–H groups in total. The standard InChI is InChI=1S/C54H72N8O11S/c1-13-60-42-17-16-33-25-37(42)38(45(60)39-27-55-19-18-34(39)29-71-11)26-54(7,8)30-73-51(68)40-15-14-20-61(57-40)49(66)41(23-32-21-35(33)24-36(63)22-32)56-48(65)44(31(2)3)59(10)43(64)28-58(9)50(67)46-47(52(69)72-12)62(46)74(70)53(4,5)6/h16-19,21-22,24-25,27,31,40-41,44,46-47,57,63H,13-15,20,23,26,28-30H2,1-12H3,(H,56,65)/t40-,41-,44-,46-,47+,62?,74-/m0/s1. The second kappa shape index (κ2) is 22.4. The molecule has 7 rings (SSSR count). The molecule has 3 aliphatic heterocycles. The number of benzene rings is 2. The van der Waals surface area contributed by atoms with Crippen LogP contribution in [0.1, 0.15) is 84.9 Å². The van der Waals surface area contributed by atoms with Crippen molar-refractivity contribution >= 4 is 57.8 Å². The Balaban J connectivity index is 1.23. The predicted molar refractivity (Wildman–Crippen MR) is 279 cm³/mol. The number of hydrogen-bond donors (Lipinski definition) is 3. The van der Waals surface area contributed by atoms with Crippen molar-refractivity contribution in [1.82, 2.24) is 39.4 Å². The van der Waals surface area contributed by atoms with Gasteiger partial charge in [-0.1, -0.05) is 44.1 Å². The van der Waals surface area contributed by atoms with E-state index in [9.17, 15) is 38.4 Å². The number of rotatable bonds is 13. The van der Waals surface area contributed by atoms with Gasteiger partial charge in [0.1, 0.15) is 28.6 Å². The van der Waals surface area contributed by atoms with Crippen LogP contribution in [-0.4, -0.2) is 157 Å². The predicted octanol–water partition coefficient (Wildman–Crippen LogP) is 4.52. The normalized spacial score (nSPS) is 21.8. The van der Waals surface area contributed by atoms with Gasteiger partial charge in [-0.15, -0.1) is 0 Å². The van der Waals surface area contributed by atoms with Gasteiger partial charge in [0.05, 0.1) is 32.6 Å². The topological polar surface area (TPSA) is 228 Å². The molecule has 1 unspecified atom stereocenters. The summed E-state index contributed by atoms with van der Waals surface area (Å²) in [7, 11) is 5.66. The lowest BCUT2D eigenvalue weighted by molar-refractivity contribution is -0.155. The molecule has 400 valence electrons. The van der Waals surface area contributed by atoms with E-state index in [1.807, 2.05) is 38.2 Å². The molecule has 0 saturated carbocycles. The van der Waals surface area contributed by atoms with Gasteiger partial charge >= 0.3 is 11.9 Å². The second-order valence-electron chi connectivity index (χ2n) is 21.7. The van der Waals surface area contributed by atoms with Crippen LogP contribution >= 0.6 is 0 Å². The number of fused-ring (bicyclic) bond motifs is 6. The van der Waals surface area contributed by atoms with E-state index in [0.29, 0.717) is 43.5 Å². The van der Waals surface area contributed by atoms with Crippen molar-refractivity contribution in [3.8, 4) is 28.1 Å². The van der Waals surface area contributed by atoms with Crippen molar-refractivity contribution in [3.63, 3.8) is 0 Å². The monoisotopic (exact) mass is 1040 g/mol. The van der Waals surface area contributed by atoms with E-state index in [1.54, 1.807) is 60.1 Å². The minimum atomic E-state index is -1.74. The SMILES string of the molecule is CCn1c(-c2cnccc2COC)c2c3cc(ccc31)-c1cc(O)cc(c1)C[C@H](NC(=O)[C@H](C(C)C)N(C)C(=O)CN(C)C(=O)[C@@H]1[C@H](C(=O)OC)N1[S@@+]([O-])C(C)(C)C)C(=O)N1CCC[C@H](N1)C(=O)OCC(C)(C)C2. The minimum Gasteiger partial charge on any atom is -0.597 e. The molecule has 2 saturated heterocycles. The van der Waals surface area contributed by atoms with Gasteiger partial charge in [0.25, 0.3) is 5.91 Å². The van der Waals surface area contributed by atoms with Gasteiger partial charge in [-0.25, -0.2) is 5.43 Å². The first-order chi connectivity index (χ1) is 34.9. The fourth-order valence-corrected chi connectivity index (χ4v) is 11.6. The zero-order valence-corrected chi connectivity index (χ0v) is 45.5. The summed E-state index contributed by atoms with van der Waals surface area (Å²) in [5.41, 5.74) is 9.38. The number of methoxy groups -OCH3 is 2. The van der Waals surface area contributed by atoms with E-state index in [1.165, 1.54) is 35.4 Å². The first-order valence-electron chi connectivity index (χ1n) is 25.1. The van der Waals surface area contributed by atoms with Crippen molar-refractivity contribution in [1.29, 1.82) is 0 Å². The van der Waals surface area contributed by atoms with E-state index >= 15 is 0 Å². The van der Waals surface area contributed by atoms with Gasteiger partial charge in [0.2, 0.25) is 17.7 Å². The van der Waals surface area contributed by atoms with Gasteiger partial charge in [0, 0.05) is 86.4 Å². The van der Waals surface area contributed by atoms with Crippen LogP contribution in [-0.2, 0) is 80.3 Å². The largest absolute Gasteiger partial charge is 0.597 e. The summed E-state index contributed by atoms with van der Waals surface area (Å²) in [4.78, 5) is 90.8. The lowest BCUT2D eigenvalue weighted by Crippen LogP contribution is -2.62. The molecule has 20 heteroatoms. The molecule has 19 nitrogen and oxygen atoms in total. The first kappa shape index (κ1) is 55.7. The number of ether oxygens (including phenoxy) is 3. The molecular formula is C54H72N8O11S. The number of amides is 4. The number of aromatic nitrogens is 2. The highest BCUT2D eigenvalue weighted by Crippen LogP contribution is 2.42. The number of phenolic OH excluding ortho intramolecular Hbond substituents is 1. The van der Waals surface area contributed by atoms with Crippen LogP contribution in [0, 0.1) is 11.3 Å². The molecule has 2 fully saturated rings. The maximum absolute atomic E-state index is 14.8. The molecule has 4 aromatic rings. The van der Waals surface area contributed by atoms with Gasteiger partial charge in [0.15, 0.2) is 12.1 Å². The number of aryl methyl sites for hydroxylation is 1. The molecule has 74 heavy (non-hydrogen) atoms. The summed E-state index contributed by atoms with van der Waals surface area (Å²) < 4.78 is 32.7. The Hall–Kier alpha value is -6.06. The van der Waals surface area contributed by atoms with E-state index in [0.717, 1.165) is 43.8 Å². The third-order valence-electron chi connectivity index (χ3n) is 13.9. The Morgan fingerprint density at radius 2 is 1.78 bits per heavy atom. The van der Waals surface area contributed by atoms with E-state index in [4.69, 9.17) is 14.2 Å². The maximum atomic E-state index is 14.8. The lowest BCUT2D eigenvalue weighted by atomic mass is 9.84.